The molecule has 0 unspecified atom stereocenters. The molecule has 230 valence electrons. The monoisotopic (exact) mass is 663 g/mol. The van der Waals surface area contributed by atoms with Crippen LogP contribution in [0.3, 0.4) is 0 Å². The summed E-state index contributed by atoms with van der Waals surface area (Å²) in [5.74, 6) is -0.923. The number of hydrogen-bond acceptors (Lipinski definition) is 4. The van der Waals surface area contributed by atoms with Crippen molar-refractivity contribution in [2.24, 2.45) is 0 Å². The highest BCUT2D eigenvalue weighted by atomic mass is 35.5. The fourth-order valence-corrected chi connectivity index (χ4v) is 7.36. The van der Waals surface area contributed by atoms with E-state index in [1.54, 1.807) is 56.3 Å². The number of nitrogens with one attached hydrogen (secondary N) is 1. The van der Waals surface area contributed by atoms with Gasteiger partial charge in [-0.1, -0.05) is 83.9 Å². The highest BCUT2D eigenvalue weighted by molar-refractivity contribution is 7.92. The van der Waals surface area contributed by atoms with E-state index in [0.29, 0.717) is 26.2 Å². The Morgan fingerprint density at radius 1 is 0.930 bits per heavy atom. The van der Waals surface area contributed by atoms with Crippen LogP contribution in [0, 0.1) is 13.8 Å². The summed E-state index contributed by atoms with van der Waals surface area (Å²) in [6, 6.07) is 15.4. The van der Waals surface area contributed by atoms with Gasteiger partial charge in [-0.05, 0) is 75.6 Å². The number of halogens is 3. The lowest BCUT2D eigenvalue weighted by atomic mass is 9.95. The third-order valence-electron chi connectivity index (χ3n) is 7.84. The van der Waals surface area contributed by atoms with Gasteiger partial charge in [0.15, 0.2) is 0 Å². The molecule has 0 aromatic heterocycles. The van der Waals surface area contributed by atoms with E-state index in [-0.39, 0.29) is 29.1 Å². The van der Waals surface area contributed by atoms with Crippen LogP contribution >= 0.6 is 34.8 Å². The number of carbonyl (C=O) groups excluding carboxylic acids is 2. The van der Waals surface area contributed by atoms with Gasteiger partial charge in [0.05, 0.1) is 10.6 Å². The van der Waals surface area contributed by atoms with Crippen LogP contribution in [0.4, 0.5) is 5.69 Å². The van der Waals surface area contributed by atoms with Gasteiger partial charge in [-0.15, -0.1) is 0 Å². The Morgan fingerprint density at radius 2 is 1.56 bits per heavy atom. The predicted octanol–water partition coefficient (Wildman–Crippen LogP) is 7.33. The summed E-state index contributed by atoms with van der Waals surface area (Å²) in [4.78, 5) is 29.1. The SMILES string of the molecule is Cc1ccc(S(=O)(=O)N(CC(=O)N(Cc2c(Cl)cccc2Cl)[C@H](C)C(=O)NC2CCCCC2)c2cc(Cl)ccc2C)cc1. The van der Waals surface area contributed by atoms with E-state index < -0.39 is 28.5 Å². The second-order valence-electron chi connectivity index (χ2n) is 11.0. The molecule has 1 saturated carbocycles. The number of amides is 2. The van der Waals surface area contributed by atoms with Crippen LogP contribution in [0.5, 0.6) is 0 Å². The molecule has 11 heteroatoms. The third kappa shape index (κ3) is 8.04. The first kappa shape index (κ1) is 33.1. The fraction of sp³-hybridized carbons (Fsp3) is 0.375. The van der Waals surface area contributed by atoms with Gasteiger partial charge in [-0.25, -0.2) is 8.42 Å². The van der Waals surface area contributed by atoms with Crippen molar-refractivity contribution >= 4 is 62.3 Å². The summed E-state index contributed by atoms with van der Waals surface area (Å²) in [5, 5.41) is 4.07. The Labute approximate surface area is 269 Å². The molecule has 1 aliphatic rings. The van der Waals surface area contributed by atoms with E-state index in [1.807, 2.05) is 6.92 Å². The topological polar surface area (TPSA) is 86.8 Å². The molecule has 4 rings (SSSR count). The van der Waals surface area contributed by atoms with Crippen molar-refractivity contribution in [3.63, 3.8) is 0 Å². The molecule has 0 spiro atoms. The number of anilines is 1. The maximum atomic E-state index is 14.2. The quantitative estimate of drug-likeness (QED) is 0.246. The molecule has 0 bridgehead atoms. The molecule has 3 aromatic carbocycles. The number of rotatable bonds is 10. The van der Waals surface area contributed by atoms with E-state index in [1.165, 1.54) is 23.1 Å². The zero-order chi connectivity index (χ0) is 31.3. The number of benzene rings is 3. The lowest BCUT2D eigenvalue weighted by Gasteiger charge is -2.34. The molecule has 0 heterocycles. The van der Waals surface area contributed by atoms with E-state index in [2.05, 4.69) is 5.32 Å². The van der Waals surface area contributed by atoms with Gasteiger partial charge in [-0.3, -0.25) is 13.9 Å². The van der Waals surface area contributed by atoms with Crippen molar-refractivity contribution in [3.8, 4) is 0 Å². The second-order valence-corrected chi connectivity index (χ2v) is 14.1. The van der Waals surface area contributed by atoms with Crippen molar-refractivity contribution < 1.29 is 18.0 Å². The molecule has 0 saturated heterocycles. The smallest absolute Gasteiger partial charge is 0.264 e. The zero-order valence-corrected chi connectivity index (χ0v) is 27.5. The lowest BCUT2D eigenvalue weighted by molar-refractivity contribution is -0.139. The molecule has 3 aromatic rings. The largest absolute Gasteiger partial charge is 0.352 e. The van der Waals surface area contributed by atoms with Gasteiger partial charge in [0.25, 0.3) is 10.0 Å². The normalized spacial score (nSPS) is 14.7. The molecule has 1 N–H and O–H groups in total. The van der Waals surface area contributed by atoms with E-state index in [9.17, 15) is 18.0 Å². The molecule has 7 nitrogen and oxygen atoms in total. The summed E-state index contributed by atoms with van der Waals surface area (Å²) in [6.07, 6.45) is 4.94. The van der Waals surface area contributed by atoms with Gasteiger partial charge in [0.1, 0.15) is 12.6 Å². The van der Waals surface area contributed by atoms with Crippen molar-refractivity contribution in [2.45, 2.75) is 76.4 Å². The van der Waals surface area contributed by atoms with Gasteiger partial charge in [0, 0.05) is 33.2 Å². The van der Waals surface area contributed by atoms with Gasteiger partial charge in [-0.2, -0.15) is 0 Å². The molecular formula is C32H36Cl3N3O4S. The fourth-order valence-electron chi connectivity index (χ4n) is 5.21. The minimum Gasteiger partial charge on any atom is -0.352 e. The molecule has 2 amide bonds. The Hall–Kier alpha value is -2.78. The first-order valence-corrected chi connectivity index (χ1v) is 16.8. The summed E-state index contributed by atoms with van der Waals surface area (Å²) in [5.41, 5.74) is 2.22. The van der Waals surface area contributed by atoms with Crippen LogP contribution in [0.2, 0.25) is 15.1 Å². The van der Waals surface area contributed by atoms with Crippen molar-refractivity contribution in [2.75, 3.05) is 10.8 Å². The molecule has 43 heavy (non-hydrogen) atoms. The first-order chi connectivity index (χ1) is 20.4. The zero-order valence-electron chi connectivity index (χ0n) is 24.4. The number of nitrogens with zero attached hydrogens (tertiary/aromatic N) is 2. The molecule has 0 aliphatic heterocycles. The van der Waals surface area contributed by atoms with Crippen LogP contribution in [-0.4, -0.2) is 43.8 Å². The maximum Gasteiger partial charge on any atom is 0.264 e. The number of carbonyl (C=O) groups is 2. The van der Waals surface area contributed by atoms with Crippen LogP contribution in [0.25, 0.3) is 0 Å². The molecular weight excluding hydrogens is 629 g/mol. The van der Waals surface area contributed by atoms with E-state index in [0.717, 1.165) is 42.0 Å². The van der Waals surface area contributed by atoms with Crippen LogP contribution in [0.1, 0.15) is 55.7 Å². The summed E-state index contributed by atoms with van der Waals surface area (Å²) in [6.45, 7) is 4.56. The van der Waals surface area contributed by atoms with Crippen molar-refractivity contribution in [1.29, 1.82) is 0 Å². The average molecular weight is 665 g/mol. The molecule has 0 radical (unpaired) electrons. The van der Waals surface area contributed by atoms with Gasteiger partial charge >= 0.3 is 0 Å². The lowest BCUT2D eigenvalue weighted by Crippen LogP contribution is -2.53. The maximum absolute atomic E-state index is 14.2. The second kappa shape index (κ2) is 14.3. The van der Waals surface area contributed by atoms with Crippen LogP contribution in [0.15, 0.2) is 65.6 Å². The minimum atomic E-state index is -4.22. The van der Waals surface area contributed by atoms with Crippen LogP contribution in [-0.2, 0) is 26.2 Å². The number of aryl methyl sites for hydroxylation is 2. The van der Waals surface area contributed by atoms with E-state index >= 15 is 0 Å². The predicted molar refractivity (Wildman–Crippen MR) is 173 cm³/mol. The Balaban J connectivity index is 1.74. The standard InChI is InChI=1S/C32H36Cl3N3O4S/c1-21-12-16-26(17-13-21)43(41,42)38(30-18-24(33)15-14-22(30)2)20-31(39)37(19-27-28(34)10-7-11-29(27)35)23(3)32(40)36-25-8-5-4-6-9-25/h7,10-18,23,25H,4-6,8-9,19-20H2,1-3H3,(H,36,40)/t23-/m1/s1. The van der Waals surface area contributed by atoms with Crippen molar-refractivity contribution in [1.82, 2.24) is 10.2 Å². The van der Waals surface area contributed by atoms with Gasteiger partial charge < -0.3 is 10.2 Å². The van der Waals surface area contributed by atoms with E-state index in [4.69, 9.17) is 34.8 Å². The molecule has 1 fully saturated rings. The summed E-state index contributed by atoms with van der Waals surface area (Å²) >= 11 is 19.3. The van der Waals surface area contributed by atoms with Gasteiger partial charge in [0.2, 0.25) is 11.8 Å². The number of sulfonamides is 1. The van der Waals surface area contributed by atoms with Crippen molar-refractivity contribution in [3.05, 3.63) is 92.4 Å². The Morgan fingerprint density at radius 3 is 2.19 bits per heavy atom. The highest BCUT2D eigenvalue weighted by Gasteiger charge is 2.34. The molecule has 1 atom stereocenters. The highest BCUT2D eigenvalue weighted by Crippen LogP contribution is 2.31. The summed E-state index contributed by atoms with van der Waals surface area (Å²) in [7, 11) is -4.22. The molecule has 1 aliphatic carbocycles. The average Bonchev–Trinajstić information content (AvgIpc) is 2.97. The minimum absolute atomic E-state index is 0.0223. The summed E-state index contributed by atoms with van der Waals surface area (Å²) < 4.78 is 29.2. The first-order valence-electron chi connectivity index (χ1n) is 14.3. The number of hydrogen-bond donors (Lipinski definition) is 1. The third-order valence-corrected chi connectivity index (χ3v) is 10.6. The Kier molecular flexibility index (Phi) is 11.0. The van der Waals surface area contributed by atoms with Crippen LogP contribution < -0.4 is 9.62 Å². The Bertz CT molecular complexity index is 1550.